The van der Waals surface area contributed by atoms with E-state index in [1.54, 1.807) is 0 Å². The largest absolute Gasteiger partial charge is 0.340 e. The van der Waals surface area contributed by atoms with E-state index in [1.807, 2.05) is 4.90 Å². The van der Waals surface area contributed by atoms with E-state index in [1.165, 1.54) is 19.3 Å². The first-order chi connectivity index (χ1) is 12.3. The second-order valence-electron chi connectivity index (χ2n) is 7.62. The molecule has 0 radical (unpaired) electrons. The van der Waals surface area contributed by atoms with Crippen LogP contribution in [-0.4, -0.2) is 56.7 Å². The molecule has 6 nitrogen and oxygen atoms in total. The van der Waals surface area contributed by atoms with Crippen LogP contribution >= 0.6 is 0 Å². The molecule has 0 bridgehead atoms. The van der Waals surface area contributed by atoms with Crippen LogP contribution in [0.15, 0.2) is 12.2 Å². The van der Waals surface area contributed by atoms with Gasteiger partial charge in [-0.2, -0.15) is 0 Å². The summed E-state index contributed by atoms with van der Waals surface area (Å²) in [7, 11) is 0. The number of carbonyl (C=O) groups is 1. The van der Waals surface area contributed by atoms with Crippen molar-refractivity contribution in [1.29, 1.82) is 0 Å². The fraction of sp³-hybridized carbons (Fsp3) is 0.737. The first-order valence-corrected chi connectivity index (χ1v) is 9.87. The zero-order valence-corrected chi connectivity index (χ0v) is 15.1. The minimum absolute atomic E-state index is 0.326. The third-order valence-corrected chi connectivity index (χ3v) is 5.83. The minimum atomic E-state index is 0.326. The highest BCUT2D eigenvalue weighted by molar-refractivity contribution is 5.76. The van der Waals surface area contributed by atoms with Crippen molar-refractivity contribution in [3.63, 3.8) is 0 Å². The van der Waals surface area contributed by atoms with E-state index in [2.05, 4.69) is 31.8 Å². The Morgan fingerprint density at radius 3 is 2.76 bits per heavy atom. The Balaban J connectivity index is 1.28. The number of hydrogen-bond acceptors (Lipinski definition) is 4. The van der Waals surface area contributed by atoms with Crippen molar-refractivity contribution in [2.45, 2.75) is 58.0 Å². The van der Waals surface area contributed by atoms with Crippen LogP contribution in [0.3, 0.4) is 0 Å². The number of rotatable bonds is 4. The fourth-order valence-corrected chi connectivity index (χ4v) is 4.24. The van der Waals surface area contributed by atoms with E-state index in [4.69, 9.17) is 0 Å². The summed E-state index contributed by atoms with van der Waals surface area (Å²) in [5, 5.41) is 8.84. The summed E-state index contributed by atoms with van der Waals surface area (Å²) >= 11 is 0. The Bertz CT molecular complexity index is 630. The van der Waals surface area contributed by atoms with Gasteiger partial charge in [-0.3, -0.25) is 9.69 Å². The van der Waals surface area contributed by atoms with Gasteiger partial charge in [-0.25, -0.2) is 0 Å². The number of piperazine rings is 1. The molecule has 3 heterocycles. The quantitative estimate of drug-likeness (QED) is 0.785. The summed E-state index contributed by atoms with van der Waals surface area (Å²) in [6.07, 6.45) is 12.2. The summed E-state index contributed by atoms with van der Waals surface area (Å²) in [6.45, 7) is 5.49. The SMILES string of the molecule is O=C(CC1C=CCC1)N1CCN(Cc2nnc3n2CCCCC3)CC1. The summed E-state index contributed by atoms with van der Waals surface area (Å²) in [6, 6.07) is 0. The molecule has 1 unspecified atom stereocenters. The number of amides is 1. The molecule has 136 valence electrons. The highest BCUT2D eigenvalue weighted by Gasteiger charge is 2.25. The highest BCUT2D eigenvalue weighted by atomic mass is 16.2. The van der Waals surface area contributed by atoms with E-state index in [-0.39, 0.29) is 0 Å². The molecule has 2 aliphatic heterocycles. The molecule has 1 amide bonds. The van der Waals surface area contributed by atoms with Gasteiger partial charge in [-0.15, -0.1) is 10.2 Å². The summed E-state index contributed by atoms with van der Waals surface area (Å²) in [5.41, 5.74) is 0. The van der Waals surface area contributed by atoms with Gasteiger partial charge in [0.15, 0.2) is 0 Å². The molecule has 6 heteroatoms. The van der Waals surface area contributed by atoms with Crippen LogP contribution in [0, 0.1) is 5.92 Å². The van der Waals surface area contributed by atoms with Crippen LogP contribution in [-0.2, 0) is 24.3 Å². The molecule has 4 rings (SSSR count). The van der Waals surface area contributed by atoms with Crippen LogP contribution in [0.25, 0.3) is 0 Å². The van der Waals surface area contributed by atoms with Crippen LogP contribution < -0.4 is 0 Å². The number of hydrogen-bond donors (Lipinski definition) is 0. The van der Waals surface area contributed by atoms with Crippen molar-refractivity contribution in [1.82, 2.24) is 24.6 Å². The molecule has 1 aliphatic carbocycles. The number of aromatic nitrogens is 3. The summed E-state index contributed by atoms with van der Waals surface area (Å²) in [5.74, 6) is 3.06. The Hall–Kier alpha value is -1.69. The average molecular weight is 343 g/mol. The van der Waals surface area contributed by atoms with E-state index in [0.717, 1.165) is 70.2 Å². The van der Waals surface area contributed by atoms with Gasteiger partial charge < -0.3 is 9.47 Å². The van der Waals surface area contributed by atoms with E-state index in [9.17, 15) is 4.79 Å². The zero-order valence-electron chi connectivity index (χ0n) is 15.1. The highest BCUT2D eigenvalue weighted by Crippen LogP contribution is 2.22. The van der Waals surface area contributed by atoms with E-state index >= 15 is 0 Å². The third kappa shape index (κ3) is 3.94. The lowest BCUT2D eigenvalue weighted by molar-refractivity contribution is -0.133. The van der Waals surface area contributed by atoms with Crippen molar-refractivity contribution >= 4 is 5.91 Å². The van der Waals surface area contributed by atoms with Crippen molar-refractivity contribution in [3.8, 4) is 0 Å². The van der Waals surface area contributed by atoms with E-state index < -0.39 is 0 Å². The number of allylic oxidation sites excluding steroid dienone is 2. The molecule has 1 atom stereocenters. The molecule has 3 aliphatic rings. The maximum atomic E-state index is 12.5. The van der Waals surface area contributed by atoms with Crippen molar-refractivity contribution < 1.29 is 4.79 Å². The van der Waals surface area contributed by atoms with Gasteiger partial charge in [0.05, 0.1) is 6.54 Å². The topological polar surface area (TPSA) is 54.3 Å². The van der Waals surface area contributed by atoms with Crippen LogP contribution in [0.4, 0.5) is 0 Å². The third-order valence-electron chi connectivity index (χ3n) is 5.83. The van der Waals surface area contributed by atoms with Gasteiger partial charge in [0.1, 0.15) is 11.6 Å². The molecule has 1 aromatic heterocycles. The minimum Gasteiger partial charge on any atom is -0.340 e. The van der Waals surface area contributed by atoms with Crippen molar-refractivity contribution in [2.24, 2.45) is 5.92 Å². The van der Waals surface area contributed by atoms with Gasteiger partial charge in [0, 0.05) is 45.6 Å². The van der Waals surface area contributed by atoms with Gasteiger partial charge >= 0.3 is 0 Å². The van der Waals surface area contributed by atoms with Gasteiger partial charge in [-0.05, 0) is 31.6 Å². The molecule has 0 saturated carbocycles. The first-order valence-electron chi connectivity index (χ1n) is 9.87. The predicted octanol–water partition coefficient (Wildman–Crippen LogP) is 2.00. The van der Waals surface area contributed by atoms with Crippen molar-refractivity contribution in [2.75, 3.05) is 26.2 Å². The van der Waals surface area contributed by atoms with Crippen molar-refractivity contribution in [3.05, 3.63) is 23.8 Å². The summed E-state index contributed by atoms with van der Waals surface area (Å²) in [4.78, 5) is 16.9. The normalized spacial score (nSPS) is 24.3. The standard InChI is InChI=1S/C19H29N5O/c25-19(14-16-6-3-4-7-16)23-12-10-22(11-13-23)15-18-21-20-17-8-2-1-5-9-24(17)18/h3,6,16H,1-2,4-5,7-15H2. The molecule has 1 fully saturated rings. The Labute approximate surface area is 149 Å². The Kier molecular flexibility index (Phi) is 5.15. The second-order valence-corrected chi connectivity index (χ2v) is 7.62. The predicted molar refractivity (Wildman–Crippen MR) is 95.9 cm³/mol. The van der Waals surface area contributed by atoms with Crippen LogP contribution in [0.5, 0.6) is 0 Å². The molecular formula is C19H29N5O. The lowest BCUT2D eigenvalue weighted by Gasteiger charge is -2.35. The summed E-state index contributed by atoms with van der Waals surface area (Å²) < 4.78 is 2.33. The maximum Gasteiger partial charge on any atom is 0.223 e. The Morgan fingerprint density at radius 2 is 1.96 bits per heavy atom. The molecular weight excluding hydrogens is 314 g/mol. The average Bonchev–Trinajstić information content (AvgIpc) is 3.20. The maximum absolute atomic E-state index is 12.5. The second kappa shape index (κ2) is 7.68. The smallest absolute Gasteiger partial charge is 0.223 e. The monoisotopic (exact) mass is 343 g/mol. The number of carbonyl (C=O) groups excluding carboxylic acids is 1. The number of fused-ring (bicyclic) bond motifs is 1. The molecule has 1 aromatic rings. The zero-order chi connectivity index (χ0) is 17.1. The van der Waals surface area contributed by atoms with Gasteiger partial charge in [0.2, 0.25) is 5.91 Å². The first kappa shape index (κ1) is 16.8. The van der Waals surface area contributed by atoms with E-state index in [0.29, 0.717) is 18.2 Å². The Morgan fingerprint density at radius 1 is 1.08 bits per heavy atom. The molecule has 0 aromatic carbocycles. The van der Waals surface area contributed by atoms with Crippen LogP contribution in [0.1, 0.15) is 50.2 Å². The number of aryl methyl sites for hydroxylation is 1. The number of nitrogens with zero attached hydrogens (tertiary/aromatic N) is 5. The molecule has 0 N–H and O–H groups in total. The molecule has 1 saturated heterocycles. The van der Waals surface area contributed by atoms with Gasteiger partial charge in [-0.1, -0.05) is 18.6 Å². The lowest BCUT2D eigenvalue weighted by Crippen LogP contribution is -2.48. The lowest BCUT2D eigenvalue weighted by atomic mass is 10.0. The van der Waals surface area contributed by atoms with Crippen LogP contribution in [0.2, 0.25) is 0 Å². The van der Waals surface area contributed by atoms with Gasteiger partial charge in [0.25, 0.3) is 0 Å². The fourth-order valence-electron chi connectivity index (χ4n) is 4.24. The molecule has 0 spiro atoms. The molecule has 25 heavy (non-hydrogen) atoms.